The third-order valence-electron chi connectivity index (χ3n) is 5.25. The first kappa shape index (κ1) is 21.9. The number of rotatable bonds is 5. The van der Waals surface area contributed by atoms with Crippen molar-refractivity contribution in [1.29, 1.82) is 0 Å². The predicted octanol–water partition coefficient (Wildman–Crippen LogP) is 2.68. The molecule has 0 bridgehead atoms. The van der Waals surface area contributed by atoms with E-state index in [9.17, 15) is 13.2 Å². The van der Waals surface area contributed by atoms with E-state index in [4.69, 9.17) is 0 Å². The first-order chi connectivity index (χ1) is 12.4. The van der Waals surface area contributed by atoms with Gasteiger partial charge in [-0.2, -0.15) is 17.0 Å². The summed E-state index contributed by atoms with van der Waals surface area (Å²) in [5.74, 6) is -0.140. The van der Waals surface area contributed by atoms with E-state index in [1.54, 1.807) is 0 Å². The molecule has 0 radical (unpaired) electrons. The lowest BCUT2D eigenvalue weighted by molar-refractivity contribution is -0.126. The molecule has 1 aromatic carbocycles. The van der Waals surface area contributed by atoms with Crippen LogP contribution < -0.4 is 5.32 Å². The first-order valence-corrected chi connectivity index (χ1v) is 10.9. The van der Waals surface area contributed by atoms with Crippen LogP contribution in [0.25, 0.3) is 0 Å². The number of carbonyl (C=O) groups excluding carboxylic acids is 1. The first-order valence-electron chi connectivity index (χ1n) is 9.51. The molecular formula is C20H33N3O3S. The van der Waals surface area contributed by atoms with E-state index in [1.807, 2.05) is 6.92 Å². The van der Waals surface area contributed by atoms with Crippen molar-refractivity contribution in [2.24, 2.45) is 5.92 Å². The average molecular weight is 396 g/mol. The molecule has 6 nitrogen and oxygen atoms in total. The molecule has 0 saturated carbocycles. The Morgan fingerprint density at radius 3 is 2.11 bits per heavy atom. The van der Waals surface area contributed by atoms with Crippen LogP contribution in [0.5, 0.6) is 0 Å². The number of nitrogens with one attached hydrogen (secondary N) is 1. The number of benzene rings is 1. The lowest BCUT2D eigenvalue weighted by Crippen LogP contribution is -2.47. The Bertz CT molecular complexity index is 744. The molecule has 27 heavy (non-hydrogen) atoms. The van der Waals surface area contributed by atoms with Crippen molar-refractivity contribution in [3.05, 3.63) is 35.4 Å². The average Bonchev–Trinajstić information content (AvgIpc) is 2.61. The van der Waals surface area contributed by atoms with Crippen molar-refractivity contribution < 1.29 is 13.2 Å². The molecule has 1 N–H and O–H groups in total. The maximum atomic E-state index is 12.6. The zero-order chi connectivity index (χ0) is 20.4. The minimum absolute atomic E-state index is 0.00398. The summed E-state index contributed by atoms with van der Waals surface area (Å²) >= 11 is 0. The molecule has 152 valence electrons. The second kappa shape index (κ2) is 8.29. The van der Waals surface area contributed by atoms with Gasteiger partial charge in [0.05, 0.1) is 6.04 Å². The van der Waals surface area contributed by atoms with Gasteiger partial charge in [0.2, 0.25) is 5.91 Å². The van der Waals surface area contributed by atoms with Gasteiger partial charge in [-0.3, -0.25) is 4.79 Å². The summed E-state index contributed by atoms with van der Waals surface area (Å²) < 4.78 is 27.0. The molecule has 1 heterocycles. The molecule has 1 saturated heterocycles. The van der Waals surface area contributed by atoms with Gasteiger partial charge in [0, 0.05) is 33.1 Å². The van der Waals surface area contributed by atoms with E-state index < -0.39 is 10.2 Å². The van der Waals surface area contributed by atoms with E-state index >= 15 is 0 Å². The summed E-state index contributed by atoms with van der Waals surface area (Å²) in [6.07, 6.45) is 1.10. The molecule has 1 amide bonds. The molecule has 2 rings (SSSR count). The van der Waals surface area contributed by atoms with Gasteiger partial charge in [-0.1, -0.05) is 45.0 Å². The Hall–Kier alpha value is -1.44. The van der Waals surface area contributed by atoms with Gasteiger partial charge in [-0.05, 0) is 36.3 Å². The molecule has 1 aliphatic rings. The zero-order valence-corrected chi connectivity index (χ0v) is 18.1. The molecule has 1 aliphatic heterocycles. The highest BCUT2D eigenvalue weighted by molar-refractivity contribution is 7.86. The van der Waals surface area contributed by atoms with Crippen LogP contribution in [-0.2, 0) is 20.4 Å². The lowest BCUT2D eigenvalue weighted by atomic mass is 9.86. The number of carbonyl (C=O) groups is 1. The van der Waals surface area contributed by atoms with Gasteiger partial charge >= 0.3 is 0 Å². The Morgan fingerprint density at radius 1 is 1.15 bits per heavy atom. The number of nitrogens with zero attached hydrogens (tertiary/aromatic N) is 2. The Labute approximate surface area is 164 Å². The van der Waals surface area contributed by atoms with Crippen molar-refractivity contribution in [2.75, 3.05) is 27.2 Å². The highest BCUT2D eigenvalue weighted by Crippen LogP contribution is 2.25. The fourth-order valence-corrected chi connectivity index (χ4v) is 4.40. The van der Waals surface area contributed by atoms with E-state index in [-0.39, 0.29) is 23.3 Å². The molecule has 1 aromatic rings. The Kier molecular flexibility index (Phi) is 6.71. The molecule has 0 aromatic heterocycles. The number of hydrogen-bond acceptors (Lipinski definition) is 3. The largest absolute Gasteiger partial charge is 0.349 e. The van der Waals surface area contributed by atoms with E-state index in [0.717, 1.165) is 5.56 Å². The summed E-state index contributed by atoms with van der Waals surface area (Å²) in [6, 6.07) is 8.29. The molecule has 0 aliphatic carbocycles. The van der Waals surface area contributed by atoms with Gasteiger partial charge in [-0.25, -0.2) is 0 Å². The van der Waals surface area contributed by atoms with Gasteiger partial charge in [0.25, 0.3) is 10.2 Å². The monoisotopic (exact) mass is 395 g/mol. The lowest BCUT2D eigenvalue weighted by Gasteiger charge is -2.32. The highest BCUT2D eigenvalue weighted by Gasteiger charge is 2.32. The normalized spacial score (nSPS) is 18.5. The van der Waals surface area contributed by atoms with Crippen LogP contribution in [0.1, 0.15) is 57.7 Å². The van der Waals surface area contributed by atoms with Gasteiger partial charge in [-0.15, -0.1) is 0 Å². The van der Waals surface area contributed by atoms with Crippen molar-refractivity contribution in [3.63, 3.8) is 0 Å². The smallest absolute Gasteiger partial charge is 0.281 e. The minimum atomic E-state index is -3.40. The molecule has 1 fully saturated rings. The Balaban J connectivity index is 1.92. The van der Waals surface area contributed by atoms with Crippen LogP contribution in [0, 0.1) is 5.92 Å². The number of hydrogen-bond donors (Lipinski definition) is 1. The van der Waals surface area contributed by atoms with Crippen LogP contribution in [0.3, 0.4) is 0 Å². The van der Waals surface area contributed by atoms with Crippen molar-refractivity contribution in [3.8, 4) is 0 Å². The van der Waals surface area contributed by atoms with E-state index in [1.165, 1.54) is 28.3 Å². The molecule has 7 heteroatoms. The van der Waals surface area contributed by atoms with E-state index in [0.29, 0.717) is 25.9 Å². The van der Waals surface area contributed by atoms with Crippen LogP contribution in [-0.4, -0.2) is 50.1 Å². The Morgan fingerprint density at radius 2 is 1.67 bits per heavy atom. The fraction of sp³-hybridized carbons (Fsp3) is 0.650. The van der Waals surface area contributed by atoms with E-state index in [2.05, 4.69) is 50.4 Å². The third-order valence-corrected chi connectivity index (χ3v) is 7.19. The van der Waals surface area contributed by atoms with Gasteiger partial charge in [0.1, 0.15) is 0 Å². The quantitative estimate of drug-likeness (QED) is 0.833. The summed E-state index contributed by atoms with van der Waals surface area (Å²) in [7, 11) is -0.339. The summed E-state index contributed by atoms with van der Waals surface area (Å²) in [6.45, 7) is 9.28. The maximum Gasteiger partial charge on any atom is 0.281 e. The molecular weight excluding hydrogens is 362 g/mol. The third kappa shape index (κ3) is 5.30. The standard InChI is InChI=1S/C20H33N3O3S/c1-15(16-7-9-18(10-8-16)20(2,3)4)21-19(24)17-11-13-23(14-12-17)27(25,26)22(5)6/h7-10,15,17H,11-14H2,1-6H3,(H,21,24). The van der Waals surface area contributed by atoms with Crippen molar-refractivity contribution in [1.82, 2.24) is 13.9 Å². The molecule has 1 atom stereocenters. The van der Waals surface area contributed by atoms with Crippen molar-refractivity contribution >= 4 is 16.1 Å². The fourth-order valence-electron chi connectivity index (χ4n) is 3.27. The summed E-state index contributed by atoms with van der Waals surface area (Å²) in [5.41, 5.74) is 2.44. The van der Waals surface area contributed by atoms with Crippen LogP contribution in [0.15, 0.2) is 24.3 Å². The minimum Gasteiger partial charge on any atom is -0.349 e. The SMILES string of the molecule is CC(NC(=O)C1CCN(S(=O)(=O)N(C)C)CC1)c1ccc(C(C)(C)C)cc1. The van der Waals surface area contributed by atoms with Crippen LogP contribution in [0.2, 0.25) is 0 Å². The molecule has 0 spiro atoms. The maximum absolute atomic E-state index is 12.6. The second-order valence-electron chi connectivity index (χ2n) is 8.57. The number of amides is 1. The van der Waals surface area contributed by atoms with Crippen LogP contribution in [0.4, 0.5) is 0 Å². The van der Waals surface area contributed by atoms with Crippen molar-refractivity contribution in [2.45, 2.75) is 52.0 Å². The van der Waals surface area contributed by atoms with Gasteiger partial charge < -0.3 is 5.32 Å². The highest BCUT2D eigenvalue weighted by atomic mass is 32.2. The second-order valence-corrected chi connectivity index (χ2v) is 10.7. The summed E-state index contributed by atoms with van der Waals surface area (Å²) in [4.78, 5) is 12.6. The zero-order valence-electron chi connectivity index (χ0n) is 17.3. The topological polar surface area (TPSA) is 69.7 Å². The molecule has 1 unspecified atom stereocenters. The van der Waals surface area contributed by atoms with Crippen LogP contribution >= 0.6 is 0 Å². The predicted molar refractivity (Wildman–Crippen MR) is 109 cm³/mol. The summed E-state index contributed by atoms with van der Waals surface area (Å²) in [5, 5.41) is 3.08. The van der Waals surface area contributed by atoms with Gasteiger partial charge in [0.15, 0.2) is 0 Å². The number of piperidine rings is 1.